The largest absolute Gasteiger partial charge is 0.497 e. The van der Waals surface area contributed by atoms with Gasteiger partial charge in [-0.1, -0.05) is 18.2 Å². The summed E-state index contributed by atoms with van der Waals surface area (Å²) in [6, 6.07) is 19.1. The van der Waals surface area contributed by atoms with Crippen molar-refractivity contribution < 1.29 is 9.53 Å². The number of hydrogen-bond donors (Lipinski definition) is 1. The number of carbonyl (C=O) groups excluding carboxylic acids is 1. The lowest BCUT2D eigenvalue weighted by atomic mass is 10.2. The minimum Gasteiger partial charge on any atom is -0.497 e. The fourth-order valence-electron chi connectivity index (χ4n) is 2.30. The molecular formula is C19H16N2O3. The molecule has 0 unspecified atom stereocenters. The van der Waals surface area contributed by atoms with Gasteiger partial charge in [0, 0.05) is 23.5 Å². The van der Waals surface area contributed by atoms with Crippen molar-refractivity contribution >= 4 is 11.6 Å². The Morgan fingerprint density at radius 1 is 0.958 bits per heavy atom. The van der Waals surface area contributed by atoms with Gasteiger partial charge in [0.1, 0.15) is 5.75 Å². The van der Waals surface area contributed by atoms with Crippen LogP contribution in [0.25, 0.3) is 5.69 Å². The van der Waals surface area contributed by atoms with Gasteiger partial charge in [-0.05, 0) is 42.5 Å². The monoisotopic (exact) mass is 320 g/mol. The molecule has 1 heterocycles. The van der Waals surface area contributed by atoms with Crippen molar-refractivity contribution in [3.63, 3.8) is 0 Å². The second-order valence-electron chi connectivity index (χ2n) is 5.14. The van der Waals surface area contributed by atoms with Crippen molar-refractivity contribution in [1.29, 1.82) is 0 Å². The summed E-state index contributed by atoms with van der Waals surface area (Å²) < 4.78 is 6.57. The van der Waals surface area contributed by atoms with Gasteiger partial charge in [-0.2, -0.15) is 0 Å². The highest BCUT2D eigenvalue weighted by atomic mass is 16.5. The number of carbonyl (C=O) groups is 1. The molecule has 3 aromatic rings. The van der Waals surface area contributed by atoms with E-state index in [0.29, 0.717) is 17.0 Å². The predicted octanol–water partition coefficient (Wildman–Crippen LogP) is 3.10. The molecule has 120 valence electrons. The molecule has 3 rings (SSSR count). The highest BCUT2D eigenvalue weighted by Crippen LogP contribution is 2.14. The molecule has 0 aliphatic carbocycles. The molecule has 24 heavy (non-hydrogen) atoms. The van der Waals surface area contributed by atoms with E-state index in [-0.39, 0.29) is 11.5 Å². The quantitative estimate of drug-likeness (QED) is 0.803. The van der Waals surface area contributed by atoms with Crippen LogP contribution in [0.4, 0.5) is 5.69 Å². The molecule has 0 radical (unpaired) electrons. The first-order chi connectivity index (χ1) is 11.7. The van der Waals surface area contributed by atoms with E-state index in [0.717, 1.165) is 5.69 Å². The van der Waals surface area contributed by atoms with Crippen LogP contribution < -0.4 is 15.6 Å². The first-order valence-electron chi connectivity index (χ1n) is 7.41. The Kier molecular flexibility index (Phi) is 4.43. The van der Waals surface area contributed by atoms with E-state index in [1.165, 1.54) is 10.6 Å². The Labute approximate surface area is 139 Å². The number of nitrogens with zero attached hydrogens (tertiary/aromatic N) is 1. The normalized spacial score (nSPS) is 10.2. The number of anilines is 1. The number of amides is 1. The van der Waals surface area contributed by atoms with E-state index in [2.05, 4.69) is 5.32 Å². The van der Waals surface area contributed by atoms with Gasteiger partial charge >= 0.3 is 0 Å². The average Bonchev–Trinajstić information content (AvgIpc) is 2.64. The molecule has 0 spiro atoms. The van der Waals surface area contributed by atoms with Gasteiger partial charge in [0.2, 0.25) is 0 Å². The third-order valence-corrected chi connectivity index (χ3v) is 3.56. The lowest BCUT2D eigenvalue weighted by Crippen LogP contribution is -2.19. The summed E-state index contributed by atoms with van der Waals surface area (Å²) in [5.41, 5.74) is 1.62. The van der Waals surface area contributed by atoms with Gasteiger partial charge in [-0.15, -0.1) is 0 Å². The van der Waals surface area contributed by atoms with Crippen molar-refractivity contribution in [1.82, 2.24) is 4.57 Å². The fraction of sp³-hybridized carbons (Fsp3) is 0.0526. The van der Waals surface area contributed by atoms with Gasteiger partial charge in [0.15, 0.2) is 0 Å². The number of pyridine rings is 1. The van der Waals surface area contributed by atoms with Gasteiger partial charge < -0.3 is 10.1 Å². The fourth-order valence-corrected chi connectivity index (χ4v) is 2.30. The van der Waals surface area contributed by atoms with E-state index in [1.807, 2.05) is 30.3 Å². The van der Waals surface area contributed by atoms with Gasteiger partial charge in [-0.3, -0.25) is 14.2 Å². The van der Waals surface area contributed by atoms with Crippen LogP contribution in [0.15, 0.2) is 77.7 Å². The zero-order valence-electron chi connectivity index (χ0n) is 13.1. The average molecular weight is 320 g/mol. The first kappa shape index (κ1) is 15.6. The van der Waals surface area contributed by atoms with Crippen molar-refractivity contribution in [3.8, 4) is 11.4 Å². The van der Waals surface area contributed by atoms with Crippen molar-refractivity contribution in [3.05, 3.63) is 88.8 Å². The van der Waals surface area contributed by atoms with Gasteiger partial charge in [-0.25, -0.2) is 0 Å². The minimum absolute atomic E-state index is 0.163. The van der Waals surface area contributed by atoms with Crippen LogP contribution in [0.3, 0.4) is 0 Å². The lowest BCUT2D eigenvalue weighted by Gasteiger charge is -2.10. The standard InChI is InChI=1S/C19H16N2O3/c1-24-17-10-7-14(8-11-17)19(23)20-15-9-12-18(22)21(13-15)16-5-3-2-4-6-16/h2-13H,1H3,(H,20,23). The molecular weight excluding hydrogens is 304 g/mol. The predicted molar refractivity (Wildman–Crippen MR) is 93.0 cm³/mol. The Hall–Kier alpha value is -3.34. The van der Waals surface area contributed by atoms with Gasteiger partial charge in [0.05, 0.1) is 12.8 Å². The molecule has 0 saturated carbocycles. The number of hydrogen-bond acceptors (Lipinski definition) is 3. The maximum absolute atomic E-state index is 12.3. The summed E-state index contributed by atoms with van der Waals surface area (Å²) in [4.78, 5) is 24.3. The first-order valence-corrected chi connectivity index (χ1v) is 7.41. The SMILES string of the molecule is COc1ccc(C(=O)Nc2ccc(=O)n(-c3ccccc3)c2)cc1. The number of para-hydroxylation sites is 1. The highest BCUT2D eigenvalue weighted by molar-refractivity contribution is 6.04. The second-order valence-corrected chi connectivity index (χ2v) is 5.14. The summed E-state index contributed by atoms with van der Waals surface area (Å²) in [5, 5.41) is 2.79. The lowest BCUT2D eigenvalue weighted by molar-refractivity contribution is 0.102. The van der Waals surface area contributed by atoms with Crippen LogP contribution >= 0.6 is 0 Å². The van der Waals surface area contributed by atoms with Crippen molar-refractivity contribution in [2.75, 3.05) is 12.4 Å². The Bertz CT molecular complexity index is 900. The van der Waals surface area contributed by atoms with E-state index in [9.17, 15) is 9.59 Å². The number of ether oxygens (including phenoxy) is 1. The van der Waals surface area contributed by atoms with E-state index >= 15 is 0 Å². The highest BCUT2D eigenvalue weighted by Gasteiger charge is 2.08. The smallest absolute Gasteiger partial charge is 0.255 e. The zero-order chi connectivity index (χ0) is 16.9. The minimum atomic E-state index is -0.254. The molecule has 0 bridgehead atoms. The van der Waals surface area contributed by atoms with Crippen LogP contribution in [0.2, 0.25) is 0 Å². The molecule has 1 amide bonds. The van der Waals surface area contributed by atoms with Crippen LogP contribution in [0.5, 0.6) is 5.75 Å². The Morgan fingerprint density at radius 3 is 2.33 bits per heavy atom. The summed E-state index contributed by atoms with van der Waals surface area (Å²) >= 11 is 0. The van der Waals surface area contributed by atoms with Crippen LogP contribution in [0.1, 0.15) is 10.4 Å². The number of benzene rings is 2. The molecule has 5 heteroatoms. The maximum Gasteiger partial charge on any atom is 0.255 e. The molecule has 0 aliphatic heterocycles. The van der Waals surface area contributed by atoms with E-state index < -0.39 is 0 Å². The van der Waals surface area contributed by atoms with Crippen LogP contribution in [-0.2, 0) is 0 Å². The van der Waals surface area contributed by atoms with Crippen molar-refractivity contribution in [2.24, 2.45) is 0 Å². The summed E-state index contributed by atoms with van der Waals surface area (Å²) in [6.45, 7) is 0. The summed E-state index contributed by atoms with van der Waals surface area (Å²) in [6.07, 6.45) is 1.61. The molecule has 1 N–H and O–H groups in total. The second kappa shape index (κ2) is 6.83. The molecule has 1 aromatic heterocycles. The Balaban J connectivity index is 1.85. The molecule has 0 fully saturated rings. The van der Waals surface area contributed by atoms with E-state index in [4.69, 9.17) is 4.74 Å². The summed E-state index contributed by atoms with van der Waals surface area (Å²) in [5.74, 6) is 0.431. The Morgan fingerprint density at radius 2 is 1.67 bits per heavy atom. The molecule has 2 aromatic carbocycles. The zero-order valence-corrected chi connectivity index (χ0v) is 13.1. The van der Waals surface area contributed by atoms with Crippen molar-refractivity contribution in [2.45, 2.75) is 0 Å². The number of rotatable bonds is 4. The molecule has 5 nitrogen and oxygen atoms in total. The third-order valence-electron chi connectivity index (χ3n) is 3.56. The van der Waals surface area contributed by atoms with Crippen LogP contribution in [0, 0.1) is 0 Å². The maximum atomic E-state index is 12.3. The number of methoxy groups -OCH3 is 1. The van der Waals surface area contributed by atoms with Crippen LogP contribution in [-0.4, -0.2) is 17.6 Å². The molecule has 0 saturated heterocycles. The number of aromatic nitrogens is 1. The summed E-state index contributed by atoms with van der Waals surface area (Å²) in [7, 11) is 1.57. The third kappa shape index (κ3) is 3.35. The van der Waals surface area contributed by atoms with Gasteiger partial charge in [0.25, 0.3) is 11.5 Å². The van der Waals surface area contributed by atoms with E-state index in [1.54, 1.807) is 43.6 Å². The molecule has 0 aliphatic rings. The molecule has 0 atom stereocenters. The topological polar surface area (TPSA) is 60.3 Å². The number of nitrogens with one attached hydrogen (secondary N) is 1.